The van der Waals surface area contributed by atoms with Crippen molar-refractivity contribution in [2.75, 3.05) is 6.54 Å². The number of para-hydroxylation sites is 1. The molecule has 1 saturated heterocycles. The Bertz CT molecular complexity index is 473. The van der Waals surface area contributed by atoms with Gasteiger partial charge >= 0.3 is 0 Å². The van der Waals surface area contributed by atoms with E-state index >= 15 is 0 Å². The zero-order chi connectivity index (χ0) is 13.1. The minimum atomic E-state index is -0.502. The molecule has 0 bridgehead atoms. The van der Waals surface area contributed by atoms with E-state index in [0.29, 0.717) is 0 Å². The molecule has 0 radical (unpaired) electrons. The molecule has 1 aromatic carbocycles. The monoisotopic (exact) mass is 248 g/mol. The molecule has 0 aromatic heterocycles. The predicted molar refractivity (Wildman–Crippen MR) is 67.4 cm³/mol. The van der Waals surface area contributed by atoms with Gasteiger partial charge in [-0.2, -0.15) is 0 Å². The van der Waals surface area contributed by atoms with E-state index in [9.17, 15) is 14.9 Å². The van der Waals surface area contributed by atoms with E-state index in [2.05, 4.69) is 6.92 Å². The largest absolute Gasteiger partial charge is 0.332 e. The summed E-state index contributed by atoms with van der Waals surface area (Å²) in [6, 6.07) is 6.40. The van der Waals surface area contributed by atoms with Crippen LogP contribution in [0.3, 0.4) is 0 Å². The van der Waals surface area contributed by atoms with Crippen molar-refractivity contribution in [3.63, 3.8) is 0 Å². The number of hydrogen-bond acceptors (Lipinski definition) is 3. The lowest BCUT2D eigenvalue weighted by Crippen LogP contribution is -2.15. The molecule has 0 unspecified atom stereocenters. The summed E-state index contributed by atoms with van der Waals surface area (Å²) < 4.78 is 0. The van der Waals surface area contributed by atoms with E-state index in [0.717, 1.165) is 25.8 Å². The van der Waals surface area contributed by atoms with Gasteiger partial charge in [-0.25, -0.2) is 0 Å². The maximum atomic E-state index is 12.1. The quantitative estimate of drug-likeness (QED) is 0.457. The van der Waals surface area contributed by atoms with Crippen LogP contribution < -0.4 is 0 Å². The minimum absolute atomic E-state index is 0.108. The molecule has 1 aliphatic heterocycles. The second-order valence-electron chi connectivity index (χ2n) is 4.53. The lowest BCUT2D eigenvalue weighted by Gasteiger charge is -2.04. The molecule has 0 saturated carbocycles. The first-order chi connectivity index (χ1) is 8.65. The topological polar surface area (TPSA) is 63.2 Å². The highest BCUT2D eigenvalue weighted by molar-refractivity contribution is 5.99. The average Bonchev–Trinajstić information content (AvgIpc) is 3.15. The van der Waals surface area contributed by atoms with Gasteiger partial charge in [0.05, 0.1) is 4.92 Å². The van der Waals surface area contributed by atoms with Gasteiger partial charge in [-0.1, -0.05) is 31.9 Å². The molecule has 0 spiro atoms. The molecular formula is C13H16N2O3. The first-order valence-corrected chi connectivity index (χ1v) is 6.19. The number of nitrogens with zero attached hydrogens (tertiary/aromatic N) is 2. The Hall–Kier alpha value is -1.91. The predicted octanol–water partition coefficient (Wildman–Crippen LogP) is 2.61. The molecule has 5 nitrogen and oxygen atoms in total. The number of amides is 1. The van der Waals surface area contributed by atoms with Crippen molar-refractivity contribution in [1.29, 1.82) is 0 Å². The number of nitro benzene ring substituents is 1. The fraction of sp³-hybridized carbons (Fsp3) is 0.462. The number of rotatable bonds is 5. The molecule has 1 aromatic rings. The van der Waals surface area contributed by atoms with Crippen molar-refractivity contribution in [2.24, 2.45) is 0 Å². The fourth-order valence-corrected chi connectivity index (χ4v) is 2.08. The number of carbonyl (C=O) groups excluding carboxylic acids is 1. The maximum Gasteiger partial charge on any atom is 0.282 e. The van der Waals surface area contributed by atoms with Gasteiger partial charge in [0, 0.05) is 18.7 Å². The van der Waals surface area contributed by atoms with Crippen LogP contribution in [0, 0.1) is 10.1 Å². The smallest absolute Gasteiger partial charge is 0.282 e. The third-order valence-corrected chi connectivity index (χ3v) is 3.20. The minimum Gasteiger partial charge on any atom is -0.332 e. The van der Waals surface area contributed by atoms with E-state index in [4.69, 9.17) is 0 Å². The Morgan fingerprint density at radius 1 is 1.50 bits per heavy atom. The van der Waals surface area contributed by atoms with Gasteiger partial charge in [-0.05, 0) is 12.5 Å². The Balaban J connectivity index is 2.09. The Labute approximate surface area is 106 Å². The van der Waals surface area contributed by atoms with Gasteiger partial charge in [0.25, 0.3) is 11.6 Å². The molecule has 18 heavy (non-hydrogen) atoms. The third kappa shape index (κ3) is 2.50. The van der Waals surface area contributed by atoms with E-state index in [-0.39, 0.29) is 23.2 Å². The van der Waals surface area contributed by atoms with E-state index in [1.807, 2.05) is 0 Å². The van der Waals surface area contributed by atoms with Gasteiger partial charge in [-0.3, -0.25) is 14.9 Å². The fourth-order valence-electron chi connectivity index (χ4n) is 2.08. The number of nitro groups is 1. The first kappa shape index (κ1) is 12.5. The summed E-state index contributed by atoms with van der Waals surface area (Å²) in [7, 11) is 0. The van der Waals surface area contributed by atoms with E-state index in [1.54, 1.807) is 17.0 Å². The van der Waals surface area contributed by atoms with Crippen molar-refractivity contribution in [3.8, 4) is 0 Å². The second-order valence-corrected chi connectivity index (χ2v) is 4.53. The summed E-state index contributed by atoms with van der Waals surface area (Å²) in [6.07, 6.45) is 3.18. The molecule has 2 rings (SSSR count). The van der Waals surface area contributed by atoms with Crippen molar-refractivity contribution in [2.45, 2.75) is 32.2 Å². The summed E-state index contributed by atoms with van der Waals surface area (Å²) in [4.78, 5) is 24.2. The van der Waals surface area contributed by atoms with Crippen LogP contribution in [-0.2, 0) is 0 Å². The van der Waals surface area contributed by atoms with Crippen molar-refractivity contribution in [3.05, 3.63) is 39.9 Å². The van der Waals surface area contributed by atoms with Gasteiger partial charge in [0.1, 0.15) is 5.56 Å². The lowest BCUT2D eigenvalue weighted by molar-refractivity contribution is -0.385. The van der Waals surface area contributed by atoms with Crippen LogP contribution in [-0.4, -0.2) is 28.3 Å². The van der Waals surface area contributed by atoms with Crippen molar-refractivity contribution < 1.29 is 9.72 Å². The van der Waals surface area contributed by atoms with Crippen LogP contribution in [0.5, 0.6) is 0 Å². The van der Waals surface area contributed by atoms with Crippen LogP contribution in [0.25, 0.3) is 0 Å². The summed E-state index contributed by atoms with van der Waals surface area (Å²) in [5.74, 6) is -0.219. The zero-order valence-corrected chi connectivity index (χ0v) is 10.3. The first-order valence-electron chi connectivity index (χ1n) is 6.19. The van der Waals surface area contributed by atoms with Crippen molar-refractivity contribution >= 4 is 11.6 Å². The standard InChI is InChI=1S/C13H16N2O3/c1-2-3-6-10-9-14(10)13(16)11-7-4-5-8-12(11)15(17)18/h4-5,7-8,10H,2-3,6,9H2,1H3/t10-,14?/m1/s1. The number of hydrogen-bond donors (Lipinski definition) is 0. The second kappa shape index (κ2) is 5.16. The van der Waals surface area contributed by atoms with E-state index < -0.39 is 4.92 Å². The molecule has 1 amide bonds. The van der Waals surface area contributed by atoms with Crippen molar-refractivity contribution in [1.82, 2.24) is 4.90 Å². The molecule has 0 N–H and O–H groups in total. The molecule has 96 valence electrons. The van der Waals surface area contributed by atoms with Crippen LogP contribution in [0.1, 0.15) is 36.5 Å². The number of carbonyl (C=O) groups is 1. The molecular weight excluding hydrogens is 232 g/mol. The molecule has 0 aliphatic carbocycles. The molecule has 1 heterocycles. The Kier molecular flexibility index (Phi) is 3.60. The van der Waals surface area contributed by atoms with Crippen LogP contribution in [0.4, 0.5) is 5.69 Å². The summed E-state index contributed by atoms with van der Waals surface area (Å²) in [6.45, 7) is 2.83. The van der Waals surface area contributed by atoms with Gasteiger partial charge in [0.15, 0.2) is 0 Å². The number of unbranched alkanes of at least 4 members (excludes halogenated alkanes) is 1. The van der Waals surface area contributed by atoms with Gasteiger partial charge in [-0.15, -0.1) is 0 Å². The normalized spacial score (nSPS) is 17.6. The zero-order valence-electron chi connectivity index (χ0n) is 10.3. The lowest BCUT2D eigenvalue weighted by atomic mass is 10.1. The highest BCUT2D eigenvalue weighted by Gasteiger charge is 2.39. The molecule has 1 fully saturated rings. The van der Waals surface area contributed by atoms with Crippen LogP contribution in [0.2, 0.25) is 0 Å². The number of benzene rings is 1. The Morgan fingerprint density at radius 3 is 2.89 bits per heavy atom. The average molecular weight is 248 g/mol. The molecule has 1 atom stereocenters. The maximum absolute atomic E-state index is 12.1. The summed E-state index contributed by atoms with van der Waals surface area (Å²) in [5, 5.41) is 10.9. The Morgan fingerprint density at radius 2 is 2.22 bits per heavy atom. The SMILES string of the molecule is CCCC[C@@H]1CN1C(=O)c1ccccc1[N+](=O)[O-]. The van der Waals surface area contributed by atoms with Gasteiger partial charge in [0.2, 0.25) is 0 Å². The summed E-state index contributed by atoms with van der Waals surface area (Å²) in [5.41, 5.74) is 0.0881. The summed E-state index contributed by atoms with van der Waals surface area (Å²) >= 11 is 0. The highest BCUT2D eigenvalue weighted by atomic mass is 16.6. The third-order valence-electron chi connectivity index (χ3n) is 3.20. The van der Waals surface area contributed by atoms with Crippen LogP contribution in [0.15, 0.2) is 24.3 Å². The highest BCUT2D eigenvalue weighted by Crippen LogP contribution is 2.28. The molecule has 1 aliphatic rings. The van der Waals surface area contributed by atoms with Gasteiger partial charge < -0.3 is 4.90 Å². The van der Waals surface area contributed by atoms with E-state index in [1.165, 1.54) is 12.1 Å². The molecule has 5 heteroatoms. The van der Waals surface area contributed by atoms with Crippen LogP contribution >= 0.6 is 0 Å².